The Balaban J connectivity index is 1.43. The molecule has 0 amide bonds. The number of ether oxygens (including phenoxy) is 2. The van der Waals surface area contributed by atoms with Crippen LogP contribution in [0.1, 0.15) is 30.4 Å². The number of nitrogens with zero attached hydrogens (tertiary/aromatic N) is 5. The maximum absolute atomic E-state index is 12.0. The molecule has 1 saturated carbocycles. The van der Waals surface area contributed by atoms with E-state index in [0.717, 1.165) is 44.6 Å². The van der Waals surface area contributed by atoms with Crippen molar-refractivity contribution >= 4 is 0 Å². The molecule has 3 aromatic rings. The number of aromatic nitrogens is 4. The predicted octanol–water partition coefficient (Wildman–Crippen LogP) is 2.80. The Morgan fingerprint density at radius 1 is 1.09 bits per heavy atom. The van der Waals surface area contributed by atoms with Crippen LogP contribution in [0.5, 0.6) is 11.9 Å². The molecule has 3 atom stereocenters. The van der Waals surface area contributed by atoms with Gasteiger partial charge >= 0.3 is 6.01 Å². The summed E-state index contributed by atoms with van der Waals surface area (Å²) in [5.74, 6) is 0.559. The van der Waals surface area contributed by atoms with Crippen molar-refractivity contribution in [3.63, 3.8) is 0 Å². The van der Waals surface area contributed by atoms with Crippen molar-refractivity contribution < 1.29 is 14.6 Å². The Bertz CT molecular complexity index is 1060. The average Bonchev–Trinajstić information content (AvgIpc) is 3.34. The number of hydrogen-bond donors (Lipinski definition) is 1. The number of rotatable bonds is 6. The number of benzene rings is 1. The molecule has 0 spiro atoms. The average molecular weight is 436 g/mol. The summed E-state index contributed by atoms with van der Waals surface area (Å²) in [7, 11) is 3.10. The van der Waals surface area contributed by atoms with E-state index in [1.165, 1.54) is 12.7 Å². The Morgan fingerprint density at radius 2 is 1.88 bits per heavy atom. The third-order valence-electron chi connectivity index (χ3n) is 6.98. The molecule has 1 aliphatic carbocycles. The van der Waals surface area contributed by atoms with Crippen molar-refractivity contribution in [3.8, 4) is 17.6 Å². The predicted molar refractivity (Wildman–Crippen MR) is 119 cm³/mol. The molecule has 2 aliphatic rings. The number of aliphatic hydroxyl groups is 1. The summed E-state index contributed by atoms with van der Waals surface area (Å²) in [5.41, 5.74) is 1.99. The largest absolute Gasteiger partial charge is 0.481 e. The summed E-state index contributed by atoms with van der Waals surface area (Å²) in [5, 5.41) is 16.5. The highest BCUT2D eigenvalue weighted by Crippen LogP contribution is 2.51. The molecule has 1 unspecified atom stereocenters. The molecule has 1 aliphatic heterocycles. The highest BCUT2D eigenvalue weighted by atomic mass is 16.5. The van der Waals surface area contributed by atoms with Crippen molar-refractivity contribution in [2.45, 2.75) is 31.4 Å². The van der Waals surface area contributed by atoms with E-state index in [-0.39, 0.29) is 17.8 Å². The lowest BCUT2D eigenvalue weighted by Gasteiger charge is -2.53. The second-order valence-electron chi connectivity index (χ2n) is 8.70. The van der Waals surface area contributed by atoms with Gasteiger partial charge in [0.25, 0.3) is 0 Å². The van der Waals surface area contributed by atoms with E-state index in [1.54, 1.807) is 19.5 Å². The van der Waals surface area contributed by atoms with Gasteiger partial charge in [-0.2, -0.15) is 10.1 Å². The van der Waals surface area contributed by atoms with Crippen LogP contribution >= 0.6 is 0 Å². The lowest BCUT2D eigenvalue weighted by atomic mass is 9.63. The smallest absolute Gasteiger partial charge is 0.319 e. The van der Waals surface area contributed by atoms with Crippen LogP contribution in [-0.4, -0.2) is 57.1 Å². The first-order chi connectivity index (χ1) is 15.6. The number of hydrogen-bond acceptors (Lipinski definition) is 7. The summed E-state index contributed by atoms with van der Waals surface area (Å²) < 4.78 is 12.6. The lowest BCUT2D eigenvalue weighted by Crippen LogP contribution is -2.58. The number of likely N-dealkylation sites (tertiary alicyclic amines) is 1. The van der Waals surface area contributed by atoms with Crippen molar-refractivity contribution in [1.82, 2.24) is 24.6 Å². The Kier molecular flexibility index (Phi) is 5.57. The van der Waals surface area contributed by atoms with E-state index in [2.05, 4.69) is 38.2 Å². The van der Waals surface area contributed by atoms with Gasteiger partial charge < -0.3 is 14.6 Å². The van der Waals surface area contributed by atoms with Crippen LogP contribution < -0.4 is 9.47 Å². The van der Waals surface area contributed by atoms with Gasteiger partial charge in [-0.25, -0.2) is 9.67 Å². The first kappa shape index (κ1) is 20.9. The van der Waals surface area contributed by atoms with Crippen LogP contribution in [0.2, 0.25) is 0 Å². The van der Waals surface area contributed by atoms with Gasteiger partial charge in [-0.1, -0.05) is 24.6 Å². The molecule has 8 heteroatoms. The van der Waals surface area contributed by atoms with E-state index >= 15 is 0 Å². The standard InChI is InChI=1S/C24H29N5O3/c1-31-22-20(13-25-23(27-22)32-2)24(30)18-8-5-9-19(24)16-28(15-18)14-17-7-3-4-10-21(17)29-12-6-11-26-29/h3-4,6-7,10-13,18-19,30H,5,8-9,14-16H2,1-2H3/t18-,19+,24?. The molecule has 1 N–H and O–H groups in total. The molecule has 32 heavy (non-hydrogen) atoms. The van der Waals surface area contributed by atoms with Gasteiger partial charge in [0.1, 0.15) is 5.60 Å². The highest BCUT2D eigenvalue weighted by Gasteiger charge is 2.53. The fourth-order valence-electron chi connectivity index (χ4n) is 5.51. The molecule has 5 rings (SSSR count). The second-order valence-corrected chi connectivity index (χ2v) is 8.70. The molecule has 3 heterocycles. The van der Waals surface area contributed by atoms with Crippen molar-refractivity contribution in [1.29, 1.82) is 0 Å². The topological polar surface area (TPSA) is 85.5 Å². The number of methoxy groups -OCH3 is 2. The molecule has 8 nitrogen and oxygen atoms in total. The van der Waals surface area contributed by atoms with E-state index in [0.29, 0.717) is 11.4 Å². The minimum atomic E-state index is -1.01. The fourth-order valence-corrected chi connectivity index (χ4v) is 5.51. The molecule has 1 aromatic carbocycles. The Hall–Kier alpha value is -2.97. The van der Waals surface area contributed by atoms with E-state index < -0.39 is 5.60 Å². The first-order valence-electron chi connectivity index (χ1n) is 11.1. The van der Waals surface area contributed by atoms with Gasteiger partial charge in [-0.05, 0) is 30.5 Å². The maximum atomic E-state index is 12.0. The van der Waals surface area contributed by atoms with E-state index in [4.69, 9.17) is 9.47 Å². The Labute approximate surface area is 187 Å². The quantitative estimate of drug-likeness (QED) is 0.637. The number of piperidine rings is 1. The van der Waals surface area contributed by atoms with Gasteiger partial charge in [0, 0.05) is 50.1 Å². The minimum Gasteiger partial charge on any atom is -0.481 e. The van der Waals surface area contributed by atoms with Crippen LogP contribution in [0.4, 0.5) is 0 Å². The van der Waals surface area contributed by atoms with Crippen LogP contribution in [0.25, 0.3) is 5.69 Å². The molecular formula is C24H29N5O3. The zero-order chi connectivity index (χ0) is 22.1. The first-order valence-corrected chi connectivity index (χ1v) is 11.1. The van der Waals surface area contributed by atoms with Crippen molar-refractivity contribution in [2.75, 3.05) is 27.3 Å². The third kappa shape index (κ3) is 3.53. The molecule has 168 valence electrons. The molecule has 2 bridgehead atoms. The SMILES string of the molecule is COc1ncc(C2(O)[C@@H]3CCC[C@H]2CN(Cc2ccccc2-n2cccn2)C3)c(OC)n1. The van der Waals surface area contributed by atoms with Crippen molar-refractivity contribution in [3.05, 3.63) is 60.0 Å². The maximum Gasteiger partial charge on any atom is 0.319 e. The zero-order valence-electron chi connectivity index (χ0n) is 18.5. The summed E-state index contributed by atoms with van der Waals surface area (Å²) in [6.45, 7) is 2.42. The zero-order valence-corrected chi connectivity index (χ0v) is 18.5. The van der Waals surface area contributed by atoms with Gasteiger partial charge in [-0.3, -0.25) is 4.90 Å². The number of fused-ring (bicyclic) bond motifs is 2. The summed E-state index contributed by atoms with van der Waals surface area (Å²) in [4.78, 5) is 11.1. The number of para-hydroxylation sites is 1. The molecule has 1 saturated heterocycles. The van der Waals surface area contributed by atoms with Gasteiger partial charge in [0.05, 0.1) is 25.5 Å². The van der Waals surface area contributed by atoms with Gasteiger partial charge in [0.15, 0.2) is 0 Å². The highest BCUT2D eigenvalue weighted by molar-refractivity contribution is 5.40. The van der Waals surface area contributed by atoms with E-state index in [1.807, 2.05) is 23.0 Å². The van der Waals surface area contributed by atoms with Gasteiger partial charge in [-0.15, -0.1) is 0 Å². The monoisotopic (exact) mass is 435 g/mol. The van der Waals surface area contributed by atoms with Crippen LogP contribution in [0.3, 0.4) is 0 Å². The molecule has 2 aromatic heterocycles. The van der Waals surface area contributed by atoms with E-state index in [9.17, 15) is 5.11 Å². The summed E-state index contributed by atoms with van der Waals surface area (Å²) in [6, 6.07) is 10.6. The van der Waals surface area contributed by atoms with Crippen LogP contribution in [0.15, 0.2) is 48.9 Å². The van der Waals surface area contributed by atoms with Crippen LogP contribution in [0, 0.1) is 11.8 Å². The molecule has 0 radical (unpaired) electrons. The molecule has 2 fully saturated rings. The minimum absolute atomic E-state index is 0.0813. The normalized spacial score (nSPS) is 25.5. The molecular weight excluding hydrogens is 406 g/mol. The Morgan fingerprint density at radius 3 is 2.56 bits per heavy atom. The van der Waals surface area contributed by atoms with Crippen LogP contribution in [-0.2, 0) is 12.1 Å². The fraction of sp³-hybridized carbons (Fsp3) is 0.458. The van der Waals surface area contributed by atoms with Gasteiger partial charge in [0.2, 0.25) is 5.88 Å². The van der Waals surface area contributed by atoms with Crippen molar-refractivity contribution in [2.24, 2.45) is 11.8 Å². The summed E-state index contributed by atoms with van der Waals surface area (Å²) in [6.07, 6.45) is 8.48. The third-order valence-corrected chi connectivity index (χ3v) is 6.98. The lowest BCUT2D eigenvalue weighted by molar-refractivity contribution is -0.149. The second kappa shape index (κ2) is 8.52. The summed E-state index contributed by atoms with van der Waals surface area (Å²) >= 11 is 0.